The first-order valence-corrected chi connectivity index (χ1v) is 10.2. The standard InChI is InChI=1S/C11H24N2O4S2/c1-2-12-7-3-4-9-19(16,17)13-11-6-5-8-18(14,15)10-11/h11-13H,2-10H2,1H3. The normalized spacial score (nSPS) is 23.3. The third kappa shape index (κ3) is 7.24. The number of hydrogen-bond acceptors (Lipinski definition) is 5. The fourth-order valence-electron chi connectivity index (χ4n) is 2.15. The first kappa shape index (κ1) is 16.9. The van der Waals surface area contributed by atoms with Crippen LogP contribution in [0.4, 0.5) is 0 Å². The lowest BCUT2D eigenvalue weighted by molar-refractivity contribution is 0.515. The molecule has 0 aromatic heterocycles. The van der Waals surface area contributed by atoms with Crippen LogP contribution in [0.3, 0.4) is 0 Å². The molecular weight excluding hydrogens is 288 g/mol. The second kappa shape index (κ2) is 7.56. The van der Waals surface area contributed by atoms with Gasteiger partial charge in [-0.15, -0.1) is 0 Å². The van der Waals surface area contributed by atoms with Crippen LogP contribution in [0.25, 0.3) is 0 Å². The molecule has 0 aliphatic carbocycles. The van der Waals surface area contributed by atoms with Gasteiger partial charge in [-0.25, -0.2) is 21.6 Å². The van der Waals surface area contributed by atoms with Gasteiger partial charge >= 0.3 is 0 Å². The minimum Gasteiger partial charge on any atom is -0.317 e. The Kier molecular flexibility index (Phi) is 6.72. The highest BCUT2D eigenvalue weighted by Gasteiger charge is 2.27. The van der Waals surface area contributed by atoms with Gasteiger partial charge in [0.25, 0.3) is 0 Å². The van der Waals surface area contributed by atoms with Crippen LogP contribution in [0.5, 0.6) is 0 Å². The first-order valence-electron chi connectivity index (χ1n) is 6.76. The minimum absolute atomic E-state index is 0.0644. The highest BCUT2D eigenvalue weighted by atomic mass is 32.2. The van der Waals surface area contributed by atoms with Crippen molar-refractivity contribution in [3.05, 3.63) is 0 Å². The Morgan fingerprint density at radius 2 is 2.00 bits per heavy atom. The average molecular weight is 312 g/mol. The molecule has 0 amide bonds. The second-order valence-corrected chi connectivity index (χ2v) is 9.05. The summed E-state index contributed by atoms with van der Waals surface area (Å²) in [5, 5.41) is 3.13. The fourth-order valence-corrected chi connectivity index (χ4v) is 5.30. The third-order valence-corrected chi connectivity index (χ3v) is 6.42. The summed E-state index contributed by atoms with van der Waals surface area (Å²) in [6, 6.07) is -0.447. The Bertz CT molecular complexity index is 459. The van der Waals surface area contributed by atoms with E-state index in [1.54, 1.807) is 0 Å². The van der Waals surface area contributed by atoms with Crippen molar-refractivity contribution in [2.45, 2.75) is 38.6 Å². The molecule has 1 rings (SSSR count). The van der Waals surface area contributed by atoms with Crippen LogP contribution in [0, 0.1) is 0 Å². The summed E-state index contributed by atoms with van der Waals surface area (Å²) in [5.74, 6) is 0.173. The van der Waals surface area contributed by atoms with E-state index in [0.29, 0.717) is 19.3 Å². The monoisotopic (exact) mass is 312 g/mol. The van der Waals surface area contributed by atoms with E-state index in [2.05, 4.69) is 10.0 Å². The molecule has 19 heavy (non-hydrogen) atoms. The molecular formula is C11H24N2O4S2. The van der Waals surface area contributed by atoms with Crippen molar-refractivity contribution in [1.29, 1.82) is 0 Å². The van der Waals surface area contributed by atoms with Gasteiger partial charge in [0, 0.05) is 6.04 Å². The molecule has 0 radical (unpaired) electrons. The Morgan fingerprint density at radius 1 is 1.26 bits per heavy atom. The number of unbranched alkanes of at least 4 members (excludes halogenated alkanes) is 1. The lowest BCUT2D eigenvalue weighted by Crippen LogP contribution is -2.44. The smallest absolute Gasteiger partial charge is 0.211 e. The molecule has 0 spiro atoms. The Morgan fingerprint density at radius 3 is 2.63 bits per heavy atom. The SMILES string of the molecule is CCNCCCCS(=O)(=O)NC1CCCS(=O)(=O)C1. The molecule has 1 atom stereocenters. The summed E-state index contributed by atoms with van der Waals surface area (Å²) in [5.41, 5.74) is 0. The van der Waals surface area contributed by atoms with Crippen molar-refractivity contribution < 1.29 is 16.8 Å². The quantitative estimate of drug-likeness (QED) is 0.609. The van der Waals surface area contributed by atoms with Crippen LogP contribution in [0.2, 0.25) is 0 Å². The largest absolute Gasteiger partial charge is 0.317 e. The lowest BCUT2D eigenvalue weighted by Gasteiger charge is -2.22. The van der Waals surface area contributed by atoms with E-state index >= 15 is 0 Å². The zero-order valence-electron chi connectivity index (χ0n) is 11.4. The molecule has 8 heteroatoms. The highest BCUT2D eigenvalue weighted by Crippen LogP contribution is 2.13. The summed E-state index contributed by atoms with van der Waals surface area (Å²) in [4.78, 5) is 0. The Labute approximate surface area is 116 Å². The molecule has 1 heterocycles. The van der Waals surface area contributed by atoms with Gasteiger partial charge in [-0.1, -0.05) is 6.92 Å². The van der Waals surface area contributed by atoms with E-state index in [4.69, 9.17) is 0 Å². The molecule has 6 nitrogen and oxygen atoms in total. The maximum absolute atomic E-state index is 11.8. The van der Waals surface area contributed by atoms with Gasteiger partial charge in [0.2, 0.25) is 10.0 Å². The van der Waals surface area contributed by atoms with Crippen molar-refractivity contribution in [3.63, 3.8) is 0 Å². The van der Waals surface area contributed by atoms with Gasteiger partial charge in [0.1, 0.15) is 0 Å². The van der Waals surface area contributed by atoms with Crippen LogP contribution >= 0.6 is 0 Å². The van der Waals surface area contributed by atoms with Gasteiger partial charge in [-0.05, 0) is 38.8 Å². The van der Waals surface area contributed by atoms with Crippen molar-refractivity contribution in [2.75, 3.05) is 30.3 Å². The predicted molar refractivity (Wildman–Crippen MR) is 76.4 cm³/mol. The van der Waals surface area contributed by atoms with E-state index in [-0.39, 0.29) is 17.3 Å². The number of sulfone groups is 1. The van der Waals surface area contributed by atoms with E-state index in [9.17, 15) is 16.8 Å². The summed E-state index contributed by atoms with van der Waals surface area (Å²) in [7, 11) is -6.43. The van der Waals surface area contributed by atoms with Gasteiger partial charge in [-0.2, -0.15) is 0 Å². The average Bonchev–Trinajstić information content (AvgIpc) is 2.26. The lowest BCUT2D eigenvalue weighted by atomic mass is 10.2. The second-order valence-electron chi connectivity index (χ2n) is 4.95. The summed E-state index contributed by atoms with van der Waals surface area (Å²) >= 11 is 0. The van der Waals surface area contributed by atoms with Gasteiger partial charge in [0.15, 0.2) is 9.84 Å². The van der Waals surface area contributed by atoms with Crippen LogP contribution in [-0.4, -0.2) is 53.2 Å². The van der Waals surface area contributed by atoms with Crippen LogP contribution < -0.4 is 10.0 Å². The van der Waals surface area contributed by atoms with E-state index in [1.165, 1.54) is 0 Å². The van der Waals surface area contributed by atoms with Crippen molar-refractivity contribution in [1.82, 2.24) is 10.0 Å². The summed E-state index contributed by atoms with van der Waals surface area (Å²) in [6.07, 6.45) is 2.53. The molecule has 1 saturated heterocycles. The number of rotatable bonds is 8. The summed E-state index contributed by atoms with van der Waals surface area (Å²) in [6.45, 7) is 3.69. The molecule has 0 bridgehead atoms. The third-order valence-electron chi connectivity index (χ3n) is 3.08. The maximum Gasteiger partial charge on any atom is 0.211 e. The molecule has 1 aliphatic heterocycles. The molecule has 1 unspecified atom stereocenters. The van der Waals surface area contributed by atoms with Crippen LogP contribution in [0.15, 0.2) is 0 Å². The Balaban J connectivity index is 2.33. The first-order chi connectivity index (χ1) is 8.85. The van der Waals surface area contributed by atoms with E-state index < -0.39 is 25.9 Å². The maximum atomic E-state index is 11.8. The fraction of sp³-hybridized carbons (Fsp3) is 1.00. The van der Waals surface area contributed by atoms with E-state index in [0.717, 1.165) is 19.5 Å². The van der Waals surface area contributed by atoms with E-state index in [1.807, 2.05) is 6.92 Å². The molecule has 114 valence electrons. The topological polar surface area (TPSA) is 92.3 Å². The molecule has 0 saturated carbocycles. The van der Waals surface area contributed by atoms with Crippen LogP contribution in [-0.2, 0) is 19.9 Å². The van der Waals surface area contributed by atoms with Gasteiger partial charge in [0.05, 0.1) is 17.3 Å². The Hall–Kier alpha value is -0.180. The summed E-state index contributed by atoms with van der Waals surface area (Å²) < 4.78 is 49.0. The number of sulfonamides is 1. The minimum atomic E-state index is -3.36. The van der Waals surface area contributed by atoms with Gasteiger partial charge < -0.3 is 5.32 Å². The molecule has 1 aliphatic rings. The van der Waals surface area contributed by atoms with Crippen molar-refractivity contribution in [2.24, 2.45) is 0 Å². The molecule has 1 fully saturated rings. The van der Waals surface area contributed by atoms with Crippen LogP contribution in [0.1, 0.15) is 32.6 Å². The molecule has 0 aromatic rings. The number of hydrogen-bond donors (Lipinski definition) is 2. The van der Waals surface area contributed by atoms with Crippen molar-refractivity contribution in [3.8, 4) is 0 Å². The predicted octanol–water partition coefficient (Wildman–Crippen LogP) is -0.127. The molecule has 0 aromatic carbocycles. The van der Waals surface area contributed by atoms with Crippen molar-refractivity contribution >= 4 is 19.9 Å². The number of nitrogens with one attached hydrogen (secondary N) is 2. The molecule has 2 N–H and O–H groups in total. The van der Waals surface area contributed by atoms with Gasteiger partial charge in [-0.3, -0.25) is 0 Å². The zero-order chi connectivity index (χ0) is 14.4. The highest BCUT2D eigenvalue weighted by molar-refractivity contribution is 7.91. The zero-order valence-corrected chi connectivity index (χ0v) is 13.0.